The maximum absolute atomic E-state index is 12.1. The minimum atomic E-state index is -0.770. The molecule has 0 aliphatic carbocycles. The number of benzene rings is 2. The van der Waals surface area contributed by atoms with Crippen LogP contribution in [0.15, 0.2) is 58.0 Å². The maximum Gasteiger partial charge on any atom is 0.409 e. The second-order valence-electron chi connectivity index (χ2n) is 6.30. The highest BCUT2D eigenvalue weighted by Crippen LogP contribution is 2.38. The van der Waals surface area contributed by atoms with Gasteiger partial charge in [-0.2, -0.15) is 0 Å². The van der Waals surface area contributed by atoms with Crippen LogP contribution >= 0.6 is 11.6 Å². The van der Waals surface area contributed by atoms with Crippen molar-refractivity contribution in [3.63, 3.8) is 0 Å². The highest BCUT2D eigenvalue weighted by atomic mass is 35.5. The van der Waals surface area contributed by atoms with Crippen molar-refractivity contribution in [1.29, 1.82) is 0 Å². The summed E-state index contributed by atoms with van der Waals surface area (Å²) in [6.45, 7) is 3.87. The molecule has 1 unspecified atom stereocenters. The first-order chi connectivity index (χ1) is 13.6. The second kappa shape index (κ2) is 7.48. The van der Waals surface area contributed by atoms with E-state index in [0.717, 1.165) is 33.7 Å². The number of alkyl carbamates (subject to hydrolysis) is 1. The fraction of sp³-hybridized carbons (Fsp3) is 0.190. The lowest BCUT2D eigenvalue weighted by molar-refractivity contribution is 0.146. The summed E-state index contributed by atoms with van der Waals surface area (Å²) in [7, 11) is 0. The van der Waals surface area contributed by atoms with Gasteiger partial charge in [0.15, 0.2) is 11.9 Å². The zero-order valence-electron chi connectivity index (χ0n) is 15.4. The maximum atomic E-state index is 12.1. The van der Waals surface area contributed by atoms with Gasteiger partial charge in [-0.05, 0) is 31.5 Å². The van der Waals surface area contributed by atoms with Gasteiger partial charge in [0.1, 0.15) is 0 Å². The standard InChI is InChI=1S/C21H18ClN3O3/c1-3-27-21(26)24-20-19-17(12(2)25-28-19)15-6-4-5-7-16(15)18(23-20)13-8-10-14(22)11-9-13/h4-11,20H,3H2,1-2H3,(H,24,26). The van der Waals surface area contributed by atoms with Gasteiger partial charge in [0.2, 0.25) is 0 Å². The first-order valence-electron chi connectivity index (χ1n) is 8.91. The average molecular weight is 396 g/mol. The predicted molar refractivity (Wildman–Crippen MR) is 107 cm³/mol. The van der Waals surface area contributed by atoms with Crippen molar-refractivity contribution in [2.75, 3.05) is 6.61 Å². The van der Waals surface area contributed by atoms with Gasteiger partial charge in [-0.1, -0.05) is 53.2 Å². The van der Waals surface area contributed by atoms with Crippen molar-refractivity contribution in [3.8, 4) is 11.1 Å². The number of hydrogen-bond donors (Lipinski definition) is 1. The number of amides is 1. The molecule has 1 aliphatic heterocycles. The van der Waals surface area contributed by atoms with Crippen molar-refractivity contribution in [2.24, 2.45) is 4.99 Å². The summed E-state index contributed by atoms with van der Waals surface area (Å²) in [5.74, 6) is 0.474. The molecule has 4 rings (SSSR count). The lowest BCUT2D eigenvalue weighted by Crippen LogP contribution is -2.28. The lowest BCUT2D eigenvalue weighted by atomic mass is 9.93. The van der Waals surface area contributed by atoms with E-state index in [1.165, 1.54) is 0 Å². The topological polar surface area (TPSA) is 76.7 Å². The molecule has 3 aromatic rings. The highest BCUT2D eigenvalue weighted by Gasteiger charge is 2.31. The van der Waals surface area contributed by atoms with Gasteiger partial charge in [0.25, 0.3) is 0 Å². The van der Waals surface area contributed by atoms with Crippen LogP contribution in [-0.2, 0) is 4.74 Å². The van der Waals surface area contributed by atoms with Crippen molar-refractivity contribution in [1.82, 2.24) is 10.5 Å². The number of carbonyl (C=O) groups is 1. The average Bonchev–Trinajstić information content (AvgIpc) is 3.01. The molecule has 0 saturated carbocycles. The molecule has 2 heterocycles. The normalized spacial score (nSPS) is 15.1. The largest absolute Gasteiger partial charge is 0.450 e. The monoisotopic (exact) mass is 395 g/mol. The molecule has 142 valence electrons. The van der Waals surface area contributed by atoms with Crippen molar-refractivity contribution in [2.45, 2.75) is 20.0 Å². The molecule has 0 fully saturated rings. The van der Waals surface area contributed by atoms with Gasteiger partial charge in [-0.25, -0.2) is 4.79 Å². The Morgan fingerprint density at radius 1 is 1.18 bits per heavy atom. The number of nitrogens with one attached hydrogen (secondary N) is 1. The molecule has 6 nitrogen and oxygen atoms in total. The van der Waals surface area contributed by atoms with Gasteiger partial charge in [0.05, 0.1) is 23.6 Å². The van der Waals surface area contributed by atoms with E-state index >= 15 is 0 Å². The molecule has 0 bridgehead atoms. The number of rotatable bonds is 3. The number of aromatic nitrogens is 1. The molecule has 1 N–H and O–H groups in total. The van der Waals surface area contributed by atoms with Crippen LogP contribution in [0.3, 0.4) is 0 Å². The van der Waals surface area contributed by atoms with Gasteiger partial charge >= 0.3 is 6.09 Å². The number of aliphatic imine (C=N–C) groups is 1. The zero-order chi connectivity index (χ0) is 19.7. The second-order valence-corrected chi connectivity index (χ2v) is 6.74. The first kappa shape index (κ1) is 18.3. The summed E-state index contributed by atoms with van der Waals surface area (Å²) in [6.07, 6.45) is -1.34. The van der Waals surface area contributed by atoms with Crippen LogP contribution in [0.4, 0.5) is 4.79 Å². The molecule has 2 aromatic carbocycles. The molecule has 1 atom stereocenters. The Morgan fingerprint density at radius 3 is 2.61 bits per heavy atom. The number of hydrogen-bond acceptors (Lipinski definition) is 5. The number of aryl methyl sites for hydroxylation is 1. The highest BCUT2D eigenvalue weighted by molar-refractivity contribution is 6.30. The summed E-state index contributed by atoms with van der Waals surface area (Å²) in [5.41, 5.74) is 5.02. The van der Waals surface area contributed by atoms with Crippen LogP contribution in [0.5, 0.6) is 0 Å². The predicted octanol–water partition coefficient (Wildman–Crippen LogP) is 4.90. The minimum Gasteiger partial charge on any atom is -0.450 e. The summed E-state index contributed by atoms with van der Waals surface area (Å²) >= 11 is 6.05. The molecule has 0 radical (unpaired) electrons. The van der Waals surface area contributed by atoms with Crippen molar-refractivity contribution >= 4 is 23.4 Å². The van der Waals surface area contributed by atoms with Gasteiger partial charge < -0.3 is 9.26 Å². The van der Waals surface area contributed by atoms with Crippen molar-refractivity contribution < 1.29 is 14.1 Å². The van der Waals surface area contributed by atoms with E-state index in [1.807, 2.05) is 55.5 Å². The molecular weight excluding hydrogens is 378 g/mol. The Balaban J connectivity index is 1.92. The van der Waals surface area contributed by atoms with Crippen LogP contribution in [-0.4, -0.2) is 23.6 Å². The number of fused-ring (bicyclic) bond motifs is 3. The van der Waals surface area contributed by atoms with E-state index in [4.69, 9.17) is 25.9 Å². The van der Waals surface area contributed by atoms with E-state index in [0.29, 0.717) is 10.8 Å². The Bertz CT molecular complexity index is 1060. The zero-order valence-corrected chi connectivity index (χ0v) is 16.2. The fourth-order valence-corrected chi connectivity index (χ4v) is 3.41. The van der Waals surface area contributed by atoms with Crippen LogP contribution in [0.25, 0.3) is 11.1 Å². The van der Waals surface area contributed by atoms with Gasteiger partial charge in [0, 0.05) is 16.1 Å². The molecule has 7 heteroatoms. The Labute approximate surface area is 167 Å². The van der Waals surface area contributed by atoms with E-state index in [-0.39, 0.29) is 6.61 Å². The van der Waals surface area contributed by atoms with Crippen LogP contribution in [0, 0.1) is 6.92 Å². The molecular formula is C21H18ClN3O3. The smallest absolute Gasteiger partial charge is 0.409 e. The van der Waals surface area contributed by atoms with Gasteiger partial charge in [-0.15, -0.1) is 0 Å². The van der Waals surface area contributed by atoms with Crippen LogP contribution in [0.2, 0.25) is 5.02 Å². The third-order valence-corrected chi connectivity index (χ3v) is 4.75. The first-order valence-corrected chi connectivity index (χ1v) is 9.29. The molecule has 1 aliphatic rings. The Kier molecular flexibility index (Phi) is 4.88. The molecule has 1 aromatic heterocycles. The Hall–Kier alpha value is -3.12. The van der Waals surface area contributed by atoms with Crippen LogP contribution in [0.1, 0.15) is 35.7 Å². The number of ether oxygens (including phenoxy) is 1. The van der Waals surface area contributed by atoms with E-state index in [2.05, 4.69) is 10.5 Å². The third-order valence-electron chi connectivity index (χ3n) is 4.49. The van der Waals surface area contributed by atoms with Crippen molar-refractivity contribution in [3.05, 3.63) is 76.1 Å². The number of nitrogens with zero attached hydrogens (tertiary/aromatic N) is 2. The SMILES string of the molecule is CCOC(=O)NC1N=C(c2ccc(Cl)cc2)c2ccccc2-c2c(C)noc21. The Morgan fingerprint density at radius 2 is 1.89 bits per heavy atom. The molecule has 1 amide bonds. The van der Waals surface area contributed by atoms with Crippen LogP contribution < -0.4 is 5.32 Å². The minimum absolute atomic E-state index is 0.259. The number of halogens is 1. The van der Waals surface area contributed by atoms with E-state index < -0.39 is 12.3 Å². The summed E-state index contributed by atoms with van der Waals surface area (Å²) in [5, 5.41) is 7.50. The number of carbonyl (C=O) groups excluding carboxylic acids is 1. The third kappa shape index (κ3) is 3.27. The summed E-state index contributed by atoms with van der Waals surface area (Å²) < 4.78 is 10.6. The molecule has 0 spiro atoms. The molecule has 0 saturated heterocycles. The van der Waals surface area contributed by atoms with E-state index in [9.17, 15) is 4.79 Å². The summed E-state index contributed by atoms with van der Waals surface area (Å²) in [4.78, 5) is 16.9. The summed E-state index contributed by atoms with van der Waals surface area (Å²) in [6, 6.07) is 15.3. The quantitative estimate of drug-likeness (QED) is 0.684. The van der Waals surface area contributed by atoms with E-state index in [1.54, 1.807) is 6.92 Å². The van der Waals surface area contributed by atoms with Gasteiger partial charge in [-0.3, -0.25) is 10.3 Å². The molecule has 28 heavy (non-hydrogen) atoms. The lowest BCUT2D eigenvalue weighted by Gasteiger charge is -2.13. The fourth-order valence-electron chi connectivity index (χ4n) is 3.29.